The second kappa shape index (κ2) is 5.02. The van der Waals surface area contributed by atoms with E-state index in [1.807, 2.05) is 6.92 Å². The zero-order valence-corrected chi connectivity index (χ0v) is 9.17. The molecule has 0 aromatic rings. The first-order valence-corrected chi connectivity index (χ1v) is 5.29. The lowest BCUT2D eigenvalue weighted by Gasteiger charge is -2.36. The first-order chi connectivity index (χ1) is 7.34. The minimum atomic E-state index is -4.44. The van der Waals surface area contributed by atoms with Crippen LogP contribution >= 0.6 is 0 Å². The van der Waals surface area contributed by atoms with Crippen molar-refractivity contribution >= 4 is 0 Å². The predicted molar refractivity (Wildman–Crippen MR) is 53.4 cm³/mol. The molecule has 6 heteroatoms. The topological polar surface area (TPSA) is 53.0 Å². The molecule has 0 aromatic heterocycles. The maximum Gasteiger partial charge on any atom is 0.405 e. The molecule has 1 aliphatic heterocycles. The van der Waals surface area contributed by atoms with Crippen LogP contribution in [0.3, 0.4) is 0 Å². The van der Waals surface area contributed by atoms with Gasteiger partial charge in [0.1, 0.15) is 0 Å². The van der Waals surface area contributed by atoms with Crippen LogP contribution in [0.5, 0.6) is 0 Å². The molecule has 1 fully saturated rings. The van der Waals surface area contributed by atoms with Crippen molar-refractivity contribution in [3.05, 3.63) is 0 Å². The molecule has 3 nitrogen and oxygen atoms in total. The summed E-state index contributed by atoms with van der Waals surface area (Å²) in [6.45, 7) is 2.76. The van der Waals surface area contributed by atoms with E-state index in [1.54, 1.807) is 4.90 Å². The summed E-state index contributed by atoms with van der Waals surface area (Å²) >= 11 is 0. The number of nitrogens with zero attached hydrogens (tertiary/aromatic N) is 2. The van der Waals surface area contributed by atoms with Crippen LogP contribution in [0.4, 0.5) is 13.2 Å². The Kier molecular flexibility index (Phi) is 4.16. The first kappa shape index (κ1) is 13.3. The van der Waals surface area contributed by atoms with Crippen LogP contribution in [0.25, 0.3) is 0 Å². The molecule has 0 aromatic carbocycles. The molecule has 0 saturated carbocycles. The van der Waals surface area contributed by atoms with Crippen LogP contribution in [-0.2, 0) is 0 Å². The number of piperidine rings is 1. The zero-order chi connectivity index (χ0) is 12.3. The van der Waals surface area contributed by atoms with Crippen LogP contribution in [0.15, 0.2) is 0 Å². The second-order valence-corrected chi connectivity index (χ2v) is 4.41. The maximum absolute atomic E-state index is 12.4. The van der Waals surface area contributed by atoms with Crippen LogP contribution in [0.2, 0.25) is 0 Å². The lowest BCUT2D eigenvalue weighted by atomic mass is 9.93. The molecule has 92 valence electrons. The van der Waals surface area contributed by atoms with Gasteiger partial charge in [-0.05, 0) is 18.9 Å². The average molecular weight is 235 g/mol. The Morgan fingerprint density at radius 1 is 1.56 bits per heavy atom. The van der Waals surface area contributed by atoms with Crippen molar-refractivity contribution in [1.82, 2.24) is 4.90 Å². The molecule has 2 N–H and O–H groups in total. The monoisotopic (exact) mass is 235 g/mol. The van der Waals surface area contributed by atoms with Crippen molar-refractivity contribution < 1.29 is 13.2 Å². The zero-order valence-electron chi connectivity index (χ0n) is 9.17. The van der Waals surface area contributed by atoms with E-state index >= 15 is 0 Å². The molecule has 1 aliphatic rings. The number of nitrogens with two attached hydrogens (primary N) is 1. The van der Waals surface area contributed by atoms with Gasteiger partial charge in [-0.1, -0.05) is 6.92 Å². The summed E-state index contributed by atoms with van der Waals surface area (Å²) < 4.78 is 37.1. The fourth-order valence-corrected chi connectivity index (χ4v) is 1.81. The lowest BCUT2D eigenvalue weighted by molar-refractivity contribution is -0.164. The Balaban J connectivity index is 2.52. The van der Waals surface area contributed by atoms with E-state index < -0.39 is 12.1 Å². The smallest absolute Gasteiger partial charge is 0.326 e. The molecule has 1 heterocycles. The number of halogens is 3. The Labute approximate surface area is 93.0 Å². The Morgan fingerprint density at radius 2 is 2.19 bits per heavy atom. The number of hydrogen-bond acceptors (Lipinski definition) is 3. The number of rotatable bonds is 2. The van der Waals surface area contributed by atoms with Gasteiger partial charge in [0, 0.05) is 19.1 Å². The fourth-order valence-electron chi connectivity index (χ4n) is 1.81. The Morgan fingerprint density at radius 3 is 2.62 bits per heavy atom. The molecule has 0 bridgehead atoms. The highest BCUT2D eigenvalue weighted by atomic mass is 19.4. The Bertz CT molecular complexity index is 271. The molecule has 16 heavy (non-hydrogen) atoms. The summed E-state index contributed by atoms with van der Waals surface area (Å²) in [5.41, 5.74) is 5.79. The van der Waals surface area contributed by atoms with E-state index in [1.165, 1.54) is 6.07 Å². The number of nitriles is 1. The summed E-state index contributed by atoms with van der Waals surface area (Å²) in [4.78, 5) is 1.63. The van der Waals surface area contributed by atoms with Gasteiger partial charge in [-0.3, -0.25) is 0 Å². The molecule has 1 saturated heterocycles. The minimum Gasteiger partial charge on any atom is -0.326 e. The normalized spacial score (nSPS) is 29.8. The summed E-state index contributed by atoms with van der Waals surface area (Å²) in [5.74, 6) is -1.57. The quantitative estimate of drug-likeness (QED) is 0.786. The van der Waals surface area contributed by atoms with Crippen molar-refractivity contribution in [1.29, 1.82) is 5.26 Å². The molecule has 3 atom stereocenters. The van der Waals surface area contributed by atoms with Crippen molar-refractivity contribution in [2.45, 2.75) is 25.6 Å². The molecule has 0 spiro atoms. The van der Waals surface area contributed by atoms with Crippen LogP contribution < -0.4 is 5.73 Å². The van der Waals surface area contributed by atoms with E-state index in [9.17, 15) is 13.2 Å². The maximum atomic E-state index is 12.4. The van der Waals surface area contributed by atoms with Gasteiger partial charge >= 0.3 is 6.18 Å². The third-order valence-corrected chi connectivity index (χ3v) is 3.09. The highest BCUT2D eigenvalue weighted by Gasteiger charge is 2.41. The molecule has 1 rings (SSSR count). The largest absolute Gasteiger partial charge is 0.405 e. The van der Waals surface area contributed by atoms with Gasteiger partial charge in [-0.15, -0.1) is 0 Å². The highest BCUT2D eigenvalue weighted by Crippen LogP contribution is 2.27. The van der Waals surface area contributed by atoms with Crippen LogP contribution in [-0.4, -0.2) is 36.8 Å². The lowest BCUT2D eigenvalue weighted by Crippen LogP contribution is -2.49. The third kappa shape index (κ3) is 3.35. The molecular formula is C10H16F3N3. The van der Waals surface area contributed by atoms with Gasteiger partial charge in [-0.2, -0.15) is 18.4 Å². The molecule has 0 aliphatic carbocycles. The summed E-state index contributed by atoms with van der Waals surface area (Å²) in [5, 5.41) is 8.48. The van der Waals surface area contributed by atoms with Gasteiger partial charge in [-0.25, -0.2) is 0 Å². The predicted octanol–water partition coefficient (Wildman–Crippen LogP) is 1.36. The average Bonchev–Trinajstić information content (AvgIpc) is 2.18. The fraction of sp³-hybridized carbons (Fsp3) is 0.900. The molecular weight excluding hydrogens is 219 g/mol. The third-order valence-electron chi connectivity index (χ3n) is 3.09. The van der Waals surface area contributed by atoms with Crippen LogP contribution in [0, 0.1) is 23.2 Å². The van der Waals surface area contributed by atoms with E-state index in [4.69, 9.17) is 11.0 Å². The molecule has 0 amide bonds. The number of hydrogen-bond donors (Lipinski definition) is 1. The first-order valence-electron chi connectivity index (χ1n) is 5.29. The van der Waals surface area contributed by atoms with Gasteiger partial charge in [0.2, 0.25) is 0 Å². The summed E-state index contributed by atoms with van der Waals surface area (Å²) in [7, 11) is 0. The highest BCUT2D eigenvalue weighted by molar-refractivity contribution is 4.92. The van der Waals surface area contributed by atoms with Gasteiger partial charge in [0.05, 0.1) is 6.07 Å². The SMILES string of the molecule is CC1CCN(CC(C#N)C(F)(F)F)CC1N. The van der Waals surface area contributed by atoms with Crippen molar-refractivity contribution in [2.75, 3.05) is 19.6 Å². The van der Waals surface area contributed by atoms with Crippen molar-refractivity contribution in [3.8, 4) is 6.07 Å². The van der Waals surface area contributed by atoms with E-state index in [2.05, 4.69) is 0 Å². The Hall–Kier alpha value is -0.800. The standard InChI is InChI=1S/C10H16F3N3/c1-7-2-3-16(6-9(7)15)5-8(4-14)10(11,12)13/h7-9H,2-3,5-6,15H2,1H3. The van der Waals surface area contributed by atoms with E-state index in [0.717, 1.165) is 6.42 Å². The van der Waals surface area contributed by atoms with Crippen molar-refractivity contribution in [2.24, 2.45) is 17.6 Å². The second-order valence-electron chi connectivity index (χ2n) is 4.41. The molecule has 3 unspecified atom stereocenters. The van der Waals surface area contributed by atoms with Crippen LogP contribution in [0.1, 0.15) is 13.3 Å². The minimum absolute atomic E-state index is 0.0960. The number of likely N-dealkylation sites (tertiary alicyclic amines) is 1. The summed E-state index contributed by atoms with van der Waals surface area (Å²) in [6, 6.07) is 1.21. The molecule has 0 radical (unpaired) electrons. The van der Waals surface area contributed by atoms with Gasteiger partial charge in [0.25, 0.3) is 0 Å². The van der Waals surface area contributed by atoms with Crippen molar-refractivity contribution in [3.63, 3.8) is 0 Å². The van der Waals surface area contributed by atoms with Gasteiger partial charge in [0.15, 0.2) is 5.92 Å². The van der Waals surface area contributed by atoms with Gasteiger partial charge < -0.3 is 10.6 Å². The summed E-state index contributed by atoms with van der Waals surface area (Å²) in [6.07, 6.45) is -3.65. The number of alkyl halides is 3. The van der Waals surface area contributed by atoms with E-state index in [0.29, 0.717) is 19.0 Å². The van der Waals surface area contributed by atoms with E-state index in [-0.39, 0.29) is 12.6 Å².